The number of nitrogens with zero attached hydrogens (tertiary/aromatic N) is 4. The lowest BCUT2D eigenvalue weighted by Gasteiger charge is -2.27. The van der Waals surface area contributed by atoms with E-state index in [9.17, 15) is 0 Å². The number of nitrogen functional groups attached to an aromatic ring is 1. The number of aromatic nitrogens is 4. The third-order valence-corrected chi connectivity index (χ3v) is 4.46. The molecule has 1 saturated carbocycles. The summed E-state index contributed by atoms with van der Waals surface area (Å²) >= 11 is 0. The Labute approximate surface area is 124 Å². The summed E-state index contributed by atoms with van der Waals surface area (Å²) in [5.41, 5.74) is 7.56. The van der Waals surface area contributed by atoms with Crippen LogP contribution in [-0.4, -0.2) is 27.3 Å². The van der Waals surface area contributed by atoms with Crippen molar-refractivity contribution in [3.63, 3.8) is 0 Å². The van der Waals surface area contributed by atoms with Gasteiger partial charge < -0.3 is 10.5 Å². The highest BCUT2D eigenvalue weighted by Crippen LogP contribution is 2.47. The van der Waals surface area contributed by atoms with Crippen LogP contribution in [0.15, 0.2) is 18.2 Å². The zero-order valence-corrected chi connectivity index (χ0v) is 12.7. The number of rotatable bonds is 3. The smallest absolute Gasteiger partial charge is 0.186 e. The SMILES string of the molecule is COc1cc(N)ccc1-c1nnnn1C1CCCC1(C)C. The van der Waals surface area contributed by atoms with E-state index < -0.39 is 0 Å². The van der Waals surface area contributed by atoms with Gasteiger partial charge in [0.25, 0.3) is 0 Å². The Bertz CT molecular complexity index is 649. The minimum absolute atomic E-state index is 0.200. The molecule has 0 aliphatic heterocycles. The monoisotopic (exact) mass is 287 g/mol. The summed E-state index contributed by atoms with van der Waals surface area (Å²) in [5, 5.41) is 12.3. The Hall–Kier alpha value is -2.11. The van der Waals surface area contributed by atoms with Crippen LogP contribution in [0.25, 0.3) is 11.4 Å². The first kappa shape index (κ1) is 13.9. The van der Waals surface area contributed by atoms with Crippen LogP contribution in [0.4, 0.5) is 5.69 Å². The van der Waals surface area contributed by atoms with Crippen molar-refractivity contribution < 1.29 is 4.74 Å². The van der Waals surface area contributed by atoms with Crippen LogP contribution in [0, 0.1) is 5.41 Å². The number of methoxy groups -OCH3 is 1. The Morgan fingerprint density at radius 1 is 1.38 bits per heavy atom. The van der Waals surface area contributed by atoms with Crippen molar-refractivity contribution in [3.05, 3.63) is 18.2 Å². The van der Waals surface area contributed by atoms with Gasteiger partial charge in [0.05, 0.1) is 18.7 Å². The molecule has 21 heavy (non-hydrogen) atoms. The molecule has 0 amide bonds. The third kappa shape index (κ3) is 2.34. The van der Waals surface area contributed by atoms with Gasteiger partial charge in [0.15, 0.2) is 5.82 Å². The van der Waals surface area contributed by atoms with Crippen LogP contribution >= 0.6 is 0 Å². The number of benzene rings is 1. The van der Waals surface area contributed by atoms with Gasteiger partial charge in [-0.25, -0.2) is 4.68 Å². The molecule has 112 valence electrons. The van der Waals surface area contributed by atoms with E-state index in [1.807, 2.05) is 16.8 Å². The Morgan fingerprint density at radius 2 is 2.19 bits per heavy atom. The number of ether oxygens (including phenoxy) is 1. The zero-order chi connectivity index (χ0) is 15.0. The van der Waals surface area contributed by atoms with E-state index in [4.69, 9.17) is 10.5 Å². The average molecular weight is 287 g/mol. The fourth-order valence-corrected chi connectivity index (χ4v) is 3.24. The van der Waals surface area contributed by atoms with Crippen LogP contribution in [0.2, 0.25) is 0 Å². The van der Waals surface area contributed by atoms with Crippen molar-refractivity contribution >= 4 is 5.69 Å². The van der Waals surface area contributed by atoms with Gasteiger partial charge in [-0.15, -0.1) is 5.10 Å². The Balaban J connectivity index is 2.08. The van der Waals surface area contributed by atoms with Gasteiger partial charge in [-0.2, -0.15) is 0 Å². The summed E-state index contributed by atoms with van der Waals surface area (Å²) in [4.78, 5) is 0. The minimum atomic E-state index is 0.200. The highest BCUT2D eigenvalue weighted by molar-refractivity contribution is 5.67. The average Bonchev–Trinajstić information content (AvgIpc) is 3.04. The Kier molecular flexibility index (Phi) is 3.31. The van der Waals surface area contributed by atoms with Crippen LogP contribution in [-0.2, 0) is 0 Å². The van der Waals surface area contributed by atoms with E-state index in [2.05, 4.69) is 29.4 Å². The molecule has 1 fully saturated rings. The number of anilines is 1. The number of hydrogen-bond donors (Lipinski definition) is 1. The normalized spacial score (nSPS) is 20.6. The summed E-state index contributed by atoms with van der Waals surface area (Å²) in [6.07, 6.45) is 3.49. The fourth-order valence-electron chi connectivity index (χ4n) is 3.24. The van der Waals surface area contributed by atoms with Crippen LogP contribution in [0.5, 0.6) is 5.75 Å². The van der Waals surface area contributed by atoms with Gasteiger partial charge >= 0.3 is 0 Å². The maximum Gasteiger partial charge on any atom is 0.186 e. The van der Waals surface area contributed by atoms with Crippen molar-refractivity contribution in [1.82, 2.24) is 20.2 Å². The molecule has 1 aliphatic carbocycles. The van der Waals surface area contributed by atoms with Crippen molar-refractivity contribution in [1.29, 1.82) is 0 Å². The highest BCUT2D eigenvalue weighted by Gasteiger charge is 2.38. The maximum atomic E-state index is 5.82. The molecule has 0 bridgehead atoms. The maximum absolute atomic E-state index is 5.82. The first-order valence-corrected chi connectivity index (χ1v) is 7.24. The summed E-state index contributed by atoms with van der Waals surface area (Å²) in [6.45, 7) is 4.55. The van der Waals surface area contributed by atoms with Crippen molar-refractivity contribution in [3.8, 4) is 17.1 Å². The molecule has 2 aromatic rings. The first-order valence-electron chi connectivity index (χ1n) is 7.24. The van der Waals surface area contributed by atoms with Gasteiger partial charge in [0.1, 0.15) is 5.75 Å². The lowest BCUT2D eigenvalue weighted by Crippen LogP contribution is -2.23. The van der Waals surface area contributed by atoms with Gasteiger partial charge in [-0.3, -0.25) is 0 Å². The number of hydrogen-bond acceptors (Lipinski definition) is 5. The van der Waals surface area contributed by atoms with Crippen molar-refractivity contribution in [2.24, 2.45) is 5.41 Å². The molecule has 1 aromatic heterocycles. The zero-order valence-electron chi connectivity index (χ0n) is 12.7. The molecule has 0 radical (unpaired) electrons. The molecular formula is C15H21N5O. The lowest BCUT2D eigenvalue weighted by molar-refractivity contribution is 0.242. The van der Waals surface area contributed by atoms with Gasteiger partial charge in [-0.1, -0.05) is 20.3 Å². The van der Waals surface area contributed by atoms with Crippen LogP contribution < -0.4 is 10.5 Å². The number of tetrazole rings is 1. The van der Waals surface area contributed by atoms with E-state index >= 15 is 0 Å². The molecule has 0 saturated heterocycles. The second-order valence-electron chi connectivity index (χ2n) is 6.30. The van der Waals surface area contributed by atoms with Gasteiger partial charge in [0.2, 0.25) is 0 Å². The molecule has 0 spiro atoms. The fraction of sp³-hybridized carbons (Fsp3) is 0.533. The van der Waals surface area contributed by atoms with E-state index in [0.29, 0.717) is 17.5 Å². The molecule has 1 aromatic carbocycles. The molecule has 6 heteroatoms. The molecular weight excluding hydrogens is 266 g/mol. The summed E-state index contributed by atoms with van der Waals surface area (Å²) in [7, 11) is 1.63. The number of nitrogens with two attached hydrogens (primary N) is 1. The van der Waals surface area contributed by atoms with E-state index in [1.54, 1.807) is 13.2 Å². The Morgan fingerprint density at radius 3 is 2.86 bits per heavy atom. The van der Waals surface area contributed by atoms with E-state index in [0.717, 1.165) is 17.8 Å². The second kappa shape index (κ2) is 5.02. The molecule has 2 N–H and O–H groups in total. The summed E-state index contributed by atoms with van der Waals surface area (Å²) < 4.78 is 7.38. The quantitative estimate of drug-likeness (QED) is 0.878. The predicted molar refractivity (Wildman–Crippen MR) is 80.9 cm³/mol. The van der Waals surface area contributed by atoms with E-state index in [-0.39, 0.29) is 5.41 Å². The topological polar surface area (TPSA) is 78.8 Å². The summed E-state index contributed by atoms with van der Waals surface area (Å²) in [6, 6.07) is 5.87. The molecule has 3 rings (SSSR count). The molecule has 1 heterocycles. The van der Waals surface area contributed by atoms with Gasteiger partial charge in [0, 0.05) is 11.8 Å². The molecule has 1 unspecified atom stereocenters. The van der Waals surface area contributed by atoms with E-state index in [1.165, 1.54) is 12.8 Å². The van der Waals surface area contributed by atoms with Crippen molar-refractivity contribution in [2.45, 2.75) is 39.2 Å². The molecule has 1 aliphatic rings. The highest BCUT2D eigenvalue weighted by atomic mass is 16.5. The molecule has 6 nitrogen and oxygen atoms in total. The van der Waals surface area contributed by atoms with Gasteiger partial charge in [-0.05, 0) is 40.8 Å². The minimum Gasteiger partial charge on any atom is -0.496 e. The predicted octanol–water partition coefficient (Wildman–Crippen LogP) is 2.68. The van der Waals surface area contributed by atoms with Crippen LogP contribution in [0.1, 0.15) is 39.2 Å². The third-order valence-electron chi connectivity index (χ3n) is 4.46. The molecule has 1 atom stereocenters. The second-order valence-corrected chi connectivity index (χ2v) is 6.30. The van der Waals surface area contributed by atoms with Crippen molar-refractivity contribution in [2.75, 3.05) is 12.8 Å². The standard InChI is InChI=1S/C15H21N5O/c1-15(2)8-4-5-13(15)20-14(17-18-19-20)11-7-6-10(16)9-12(11)21-3/h6-7,9,13H,4-5,8,16H2,1-3H3. The summed E-state index contributed by atoms with van der Waals surface area (Å²) in [5.74, 6) is 1.44. The van der Waals surface area contributed by atoms with Crippen LogP contribution in [0.3, 0.4) is 0 Å². The largest absolute Gasteiger partial charge is 0.496 e. The first-order chi connectivity index (χ1) is 10.0. The lowest BCUT2D eigenvalue weighted by atomic mass is 9.87.